The number of halogens is 2. The molecular formula is C15H22F2N3OS+. The van der Waals surface area contributed by atoms with Gasteiger partial charge in [-0.05, 0) is 25.2 Å². The average molecular weight is 330 g/mol. The van der Waals surface area contributed by atoms with Crippen molar-refractivity contribution < 1.29 is 18.4 Å². The van der Waals surface area contributed by atoms with Crippen molar-refractivity contribution >= 4 is 17.3 Å². The lowest BCUT2D eigenvalue weighted by molar-refractivity contribution is -0.906. The van der Waals surface area contributed by atoms with E-state index in [1.165, 1.54) is 17.0 Å². The highest BCUT2D eigenvalue weighted by molar-refractivity contribution is 7.80. The molecule has 7 heteroatoms. The van der Waals surface area contributed by atoms with Crippen molar-refractivity contribution in [3.05, 3.63) is 35.4 Å². The van der Waals surface area contributed by atoms with E-state index < -0.39 is 11.6 Å². The van der Waals surface area contributed by atoms with E-state index in [1.807, 2.05) is 0 Å². The van der Waals surface area contributed by atoms with Crippen LogP contribution in [0.25, 0.3) is 0 Å². The number of hydrogen-bond acceptors (Lipinski definition) is 2. The summed E-state index contributed by atoms with van der Waals surface area (Å²) in [5, 5.41) is 6.62. The Morgan fingerprint density at radius 2 is 2.09 bits per heavy atom. The minimum absolute atomic E-state index is 0.323. The van der Waals surface area contributed by atoms with Crippen LogP contribution in [0.3, 0.4) is 0 Å². The molecule has 4 nitrogen and oxygen atoms in total. The summed E-state index contributed by atoms with van der Waals surface area (Å²) < 4.78 is 31.9. The van der Waals surface area contributed by atoms with Gasteiger partial charge in [0.05, 0.1) is 32.3 Å². The lowest BCUT2D eigenvalue weighted by Crippen LogP contribution is -3.14. The molecule has 0 amide bonds. The van der Waals surface area contributed by atoms with Gasteiger partial charge in [0, 0.05) is 11.6 Å². The van der Waals surface area contributed by atoms with Crippen molar-refractivity contribution in [2.75, 3.05) is 39.4 Å². The van der Waals surface area contributed by atoms with Crippen LogP contribution in [0.4, 0.5) is 8.78 Å². The standard InChI is InChI=1S/C15H21F2N3OS/c1-11(13-3-2-12(16)10-14(13)17)19-15(22)18-4-5-20-6-8-21-9-7-20/h2-3,10-11H,4-9H2,1H3,(H2,18,19,22)/p+1/t11-/m1/s1. The number of ether oxygens (including phenoxy) is 1. The van der Waals surface area contributed by atoms with Gasteiger partial charge >= 0.3 is 0 Å². The molecule has 0 spiro atoms. The lowest BCUT2D eigenvalue weighted by Gasteiger charge is -2.24. The van der Waals surface area contributed by atoms with E-state index in [-0.39, 0.29) is 6.04 Å². The van der Waals surface area contributed by atoms with Crippen molar-refractivity contribution in [1.82, 2.24) is 10.6 Å². The maximum atomic E-state index is 13.7. The number of thiocarbonyl (C=S) groups is 1. The monoisotopic (exact) mass is 330 g/mol. The molecule has 1 aromatic rings. The number of benzene rings is 1. The van der Waals surface area contributed by atoms with Crippen molar-refractivity contribution in [2.24, 2.45) is 0 Å². The zero-order valence-corrected chi connectivity index (χ0v) is 13.4. The first-order chi connectivity index (χ1) is 10.6. The first-order valence-electron chi connectivity index (χ1n) is 7.47. The van der Waals surface area contributed by atoms with Gasteiger partial charge in [0.2, 0.25) is 0 Å². The van der Waals surface area contributed by atoms with Gasteiger partial charge in [-0.1, -0.05) is 6.07 Å². The molecule has 0 saturated carbocycles. The van der Waals surface area contributed by atoms with Crippen LogP contribution in [0.2, 0.25) is 0 Å². The molecule has 0 aromatic heterocycles. The Morgan fingerprint density at radius 3 is 2.77 bits per heavy atom. The summed E-state index contributed by atoms with van der Waals surface area (Å²) in [6, 6.07) is 3.24. The second-order valence-corrected chi connectivity index (χ2v) is 5.81. The van der Waals surface area contributed by atoms with Crippen LogP contribution in [-0.2, 0) is 4.74 Å². The van der Waals surface area contributed by atoms with Crippen LogP contribution in [0.15, 0.2) is 18.2 Å². The highest BCUT2D eigenvalue weighted by Crippen LogP contribution is 2.17. The van der Waals surface area contributed by atoms with Gasteiger partial charge < -0.3 is 20.3 Å². The molecule has 2 rings (SSSR count). The fraction of sp³-hybridized carbons (Fsp3) is 0.533. The molecule has 0 radical (unpaired) electrons. The molecular weight excluding hydrogens is 308 g/mol. The Balaban J connectivity index is 1.73. The largest absolute Gasteiger partial charge is 0.370 e. The fourth-order valence-corrected chi connectivity index (χ4v) is 2.72. The maximum Gasteiger partial charge on any atom is 0.166 e. The second-order valence-electron chi connectivity index (χ2n) is 5.40. The van der Waals surface area contributed by atoms with E-state index in [0.717, 1.165) is 45.5 Å². The Hall–Kier alpha value is -1.31. The molecule has 0 bridgehead atoms. The Kier molecular flexibility index (Phi) is 6.48. The first-order valence-corrected chi connectivity index (χ1v) is 7.87. The van der Waals surface area contributed by atoms with Crippen LogP contribution in [-0.4, -0.2) is 44.5 Å². The molecule has 1 fully saturated rings. The average Bonchev–Trinajstić information content (AvgIpc) is 2.48. The quantitative estimate of drug-likeness (QED) is 0.684. The van der Waals surface area contributed by atoms with Crippen LogP contribution < -0.4 is 15.5 Å². The minimum atomic E-state index is -0.581. The van der Waals surface area contributed by atoms with E-state index in [4.69, 9.17) is 17.0 Å². The van der Waals surface area contributed by atoms with Crippen molar-refractivity contribution in [2.45, 2.75) is 13.0 Å². The van der Waals surface area contributed by atoms with E-state index in [2.05, 4.69) is 10.6 Å². The summed E-state index contributed by atoms with van der Waals surface area (Å²) in [6.07, 6.45) is 0. The van der Waals surface area contributed by atoms with Crippen LogP contribution >= 0.6 is 12.2 Å². The normalized spacial score (nSPS) is 17.0. The summed E-state index contributed by atoms with van der Waals surface area (Å²) >= 11 is 5.21. The second kappa shape index (κ2) is 8.36. The summed E-state index contributed by atoms with van der Waals surface area (Å²) in [4.78, 5) is 1.49. The van der Waals surface area contributed by atoms with Crippen LogP contribution in [0.5, 0.6) is 0 Å². The molecule has 1 aliphatic heterocycles. The molecule has 1 aromatic carbocycles. The first kappa shape index (κ1) is 17.1. The highest BCUT2D eigenvalue weighted by Gasteiger charge is 2.15. The molecule has 1 heterocycles. The third-order valence-electron chi connectivity index (χ3n) is 3.74. The minimum Gasteiger partial charge on any atom is -0.370 e. The Labute approximate surface area is 134 Å². The molecule has 22 heavy (non-hydrogen) atoms. The Morgan fingerprint density at radius 1 is 1.36 bits per heavy atom. The van der Waals surface area contributed by atoms with Gasteiger partial charge in [0.25, 0.3) is 0 Å². The van der Waals surface area contributed by atoms with Crippen LogP contribution in [0, 0.1) is 11.6 Å². The summed E-state index contributed by atoms with van der Waals surface area (Å²) in [5.74, 6) is -1.15. The number of quaternary nitrogens is 1. The van der Waals surface area contributed by atoms with E-state index in [9.17, 15) is 8.78 Å². The number of morpholine rings is 1. The zero-order chi connectivity index (χ0) is 15.9. The van der Waals surface area contributed by atoms with Gasteiger partial charge in [-0.15, -0.1) is 0 Å². The van der Waals surface area contributed by atoms with Crippen molar-refractivity contribution in [3.63, 3.8) is 0 Å². The molecule has 1 aliphatic rings. The number of rotatable bonds is 5. The molecule has 1 atom stereocenters. The number of hydrogen-bond donors (Lipinski definition) is 3. The van der Waals surface area contributed by atoms with E-state index in [1.54, 1.807) is 6.92 Å². The fourth-order valence-electron chi connectivity index (χ4n) is 2.44. The maximum absolute atomic E-state index is 13.7. The van der Waals surface area contributed by atoms with Crippen molar-refractivity contribution in [3.8, 4) is 0 Å². The lowest BCUT2D eigenvalue weighted by atomic mass is 10.1. The van der Waals surface area contributed by atoms with Crippen molar-refractivity contribution in [1.29, 1.82) is 0 Å². The predicted octanol–water partition coefficient (Wildman–Crippen LogP) is 0.405. The molecule has 0 aliphatic carbocycles. The Bertz CT molecular complexity index is 510. The van der Waals surface area contributed by atoms with E-state index >= 15 is 0 Å². The smallest absolute Gasteiger partial charge is 0.166 e. The molecule has 0 unspecified atom stereocenters. The highest BCUT2D eigenvalue weighted by atomic mass is 32.1. The van der Waals surface area contributed by atoms with Crippen LogP contribution in [0.1, 0.15) is 18.5 Å². The summed E-state index contributed by atoms with van der Waals surface area (Å²) in [6.45, 7) is 7.14. The van der Waals surface area contributed by atoms with E-state index in [0.29, 0.717) is 10.7 Å². The molecule has 122 valence electrons. The molecule has 1 saturated heterocycles. The summed E-state index contributed by atoms with van der Waals surface area (Å²) in [5.41, 5.74) is 0.393. The molecule has 3 N–H and O–H groups in total. The van der Waals surface area contributed by atoms with Gasteiger partial charge in [-0.25, -0.2) is 8.78 Å². The zero-order valence-electron chi connectivity index (χ0n) is 12.6. The van der Waals surface area contributed by atoms with Gasteiger partial charge in [0.15, 0.2) is 5.11 Å². The third kappa shape index (κ3) is 5.15. The summed E-state index contributed by atoms with van der Waals surface area (Å²) in [7, 11) is 0. The van der Waals surface area contributed by atoms with Gasteiger partial charge in [-0.2, -0.15) is 0 Å². The third-order valence-corrected chi connectivity index (χ3v) is 4.00. The predicted molar refractivity (Wildman–Crippen MR) is 84.9 cm³/mol. The van der Waals surface area contributed by atoms with Gasteiger partial charge in [-0.3, -0.25) is 0 Å². The topological polar surface area (TPSA) is 37.7 Å². The van der Waals surface area contributed by atoms with Gasteiger partial charge in [0.1, 0.15) is 24.7 Å². The SMILES string of the molecule is C[C@@H](NC(=S)NCC[NH+]1CCOCC1)c1ccc(F)cc1F. The number of nitrogens with one attached hydrogen (secondary N) is 3.